The topological polar surface area (TPSA) is 12.0 Å². The lowest BCUT2D eigenvalue weighted by molar-refractivity contribution is -0.137. The van der Waals surface area contributed by atoms with Crippen LogP contribution in [0.1, 0.15) is 24.1 Å². The lowest BCUT2D eigenvalue weighted by Crippen LogP contribution is -2.09. The number of anilines is 1. The summed E-state index contributed by atoms with van der Waals surface area (Å²) in [6.45, 7) is 1.77. The van der Waals surface area contributed by atoms with Gasteiger partial charge in [-0.15, -0.1) is 0 Å². The maximum Gasteiger partial charge on any atom is 0.416 e. The Morgan fingerprint density at radius 2 is 1.67 bits per heavy atom. The van der Waals surface area contributed by atoms with Gasteiger partial charge in [0.05, 0.1) is 5.56 Å². The molecule has 2 aromatic rings. The van der Waals surface area contributed by atoms with Crippen LogP contribution in [0.5, 0.6) is 0 Å². The summed E-state index contributed by atoms with van der Waals surface area (Å²) in [5.74, 6) is -0.482. The van der Waals surface area contributed by atoms with E-state index >= 15 is 0 Å². The predicted octanol–water partition coefficient (Wildman–Crippen LogP) is 5.67. The molecule has 0 aliphatic carbocycles. The highest BCUT2D eigenvalue weighted by Gasteiger charge is 2.30. The largest absolute Gasteiger partial charge is 0.416 e. The molecule has 0 heterocycles. The number of hydrogen-bond donors (Lipinski definition) is 1. The molecule has 21 heavy (non-hydrogen) atoms. The highest BCUT2D eigenvalue weighted by molar-refractivity contribution is 6.30. The molecule has 0 saturated carbocycles. The molecule has 0 fully saturated rings. The van der Waals surface area contributed by atoms with E-state index in [1.54, 1.807) is 13.0 Å². The predicted molar refractivity (Wildman–Crippen MR) is 74.9 cm³/mol. The van der Waals surface area contributed by atoms with Crippen LogP contribution in [0.4, 0.5) is 23.2 Å². The van der Waals surface area contributed by atoms with Crippen molar-refractivity contribution in [2.24, 2.45) is 0 Å². The molecule has 0 spiro atoms. The Labute approximate surface area is 124 Å². The Morgan fingerprint density at radius 3 is 2.19 bits per heavy atom. The van der Waals surface area contributed by atoms with Gasteiger partial charge in [-0.05, 0) is 42.8 Å². The van der Waals surface area contributed by atoms with E-state index in [1.807, 2.05) is 0 Å². The van der Waals surface area contributed by atoms with Gasteiger partial charge in [-0.25, -0.2) is 4.39 Å². The molecular weight excluding hydrogens is 306 g/mol. The van der Waals surface area contributed by atoms with Crippen LogP contribution in [0.25, 0.3) is 0 Å². The van der Waals surface area contributed by atoms with Gasteiger partial charge in [0.15, 0.2) is 0 Å². The molecule has 2 rings (SSSR count). The summed E-state index contributed by atoms with van der Waals surface area (Å²) in [6, 6.07) is 8.53. The van der Waals surface area contributed by atoms with Crippen LogP contribution in [0, 0.1) is 5.82 Å². The molecule has 0 saturated heterocycles. The highest BCUT2D eigenvalue weighted by Crippen LogP contribution is 2.30. The summed E-state index contributed by atoms with van der Waals surface area (Å²) < 4.78 is 50.7. The smallest absolute Gasteiger partial charge is 0.378 e. The molecule has 0 radical (unpaired) electrons. The van der Waals surface area contributed by atoms with Crippen molar-refractivity contribution >= 4 is 17.3 Å². The minimum absolute atomic E-state index is 0.247. The van der Waals surface area contributed by atoms with Crippen LogP contribution < -0.4 is 5.32 Å². The highest BCUT2D eigenvalue weighted by atomic mass is 35.5. The van der Waals surface area contributed by atoms with Gasteiger partial charge in [0.2, 0.25) is 0 Å². The monoisotopic (exact) mass is 317 g/mol. The lowest BCUT2D eigenvalue weighted by atomic mass is 10.1. The first-order valence-corrected chi connectivity index (χ1v) is 6.53. The van der Waals surface area contributed by atoms with Crippen molar-refractivity contribution < 1.29 is 17.6 Å². The van der Waals surface area contributed by atoms with Crippen molar-refractivity contribution in [1.82, 2.24) is 0 Å². The zero-order valence-electron chi connectivity index (χ0n) is 11.0. The van der Waals surface area contributed by atoms with E-state index in [4.69, 9.17) is 11.6 Å². The summed E-state index contributed by atoms with van der Waals surface area (Å²) in [7, 11) is 0. The first-order chi connectivity index (χ1) is 9.75. The third-order valence-electron chi connectivity index (χ3n) is 2.98. The Morgan fingerprint density at radius 1 is 1.05 bits per heavy atom. The second kappa shape index (κ2) is 5.93. The maximum absolute atomic E-state index is 13.2. The Bertz CT molecular complexity index is 602. The molecule has 2 aromatic carbocycles. The molecule has 0 bridgehead atoms. The zero-order valence-corrected chi connectivity index (χ0v) is 11.8. The number of halogens is 5. The third kappa shape index (κ3) is 4.11. The van der Waals surface area contributed by atoms with E-state index in [9.17, 15) is 17.6 Å². The molecule has 0 aromatic heterocycles. The molecule has 1 atom stereocenters. The molecule has 1 N–H and O–H groups in total. The van der Waals surface area contributed by atoms with Gasteiger partial charge in [0.25, 0.3) is 0 Å². The first-order valence-electron chi connectivity index (χ1n) is 6.15. The van der Waals surface area contributed by atoms with Gasteiger partial charge in [0, 0.05) is 16.8 Å². The standard InChI is InChI=1S/C15H12ClF4N/c1-9(21-14-7-12(16)6-13(17)8-14)10-2-4-11(5-3-10)15(18,19)20/h2-9,21H,1H3. The van der Waals surface area contributed by atoms with E-state index in [2.05, 4.69) is 5.32 Å². The second-order valence-electron chi connectivity index (χ2n) is 4.64. The van der Waals surface area contributed by atoms with Gasteiger partial charge in [-0.1, -0.05) is 23.7 Å². The molecular formula is C15H12ClF4N. The summed E-state index contributed by atoms with van der Waals surface area (Å²) in [4.78, 5) is 0. The van der Waals surface area contributed by atoms with Crippen molar-refractivity contribution in [2.75, 3.05) is 5.32 Å². The molecule has 0 aliphatic rings. The van der Waals surface area contributed by atoms with E-state index in [-0.39, 0.29) is 11.1 Å². The molecule has 112 valence electrons. The van der Waals surface area contributed by atoms with Crippen LogP contribution in [0.2, 0.25) is 5.02 Å². The van der Waals surface area contributed by atoms with E-state index in [0.29, 0.717) is 11.3 Å². The first kappa shape index (κ1) is 15.6. The summed E-state index contributed by atoms with van der Waals surface area (Å²) in [5, 5.41) is 3.24. The van der Waals surface area contributed by atoms with E-state index in [0.717, 1.165) is 12.1 Å². The van der Waals surface area contributed by atoms with Crippen LogP contribution in [-0.4, -0.2) is 0 Å². The molecule has 0 aliphatic heterocycles. The number of rotatable bonds is 3. The summed E-state index contributed by atoms with van der Waals surface area (Å²) in [6.07, 6.45) is -4.36. The number of nitrogens with one attached hydrogen (secondary N) is 1. The van der Waals surface area contributed by atoms with E-state index < -0.39 is 17.6 Å². The summed E-state index contributed by atoms with van der Waals surface area (Å²) in [5.41, 5.74) is 0.419. The SMILES string of the molecule is CC(Nc1cc(F)cc(Cl)c1)c1ccc(C(F)(F)F)cc1. The maximum atomic E-state index is 13.2. The van der Waals surface area contributed by atoms with Crippen molar-refractivity contribution in [3.63, 3.8) is 0 Å². The van der Waals surface area contributed by atoms with Gasteiger partial charge >= 0.3 is 6.18 Å². The minimum Gasteiger partial charge on any atom is -0.378 e. The van der Waals surface area contributed by atoms with Crippen LogP contribution in [-0.2, 0) is 6.18 Å². The Balaban J connectivity index is 2.15. The fourth-order valence-corrected chi connectivity index (χ4v) is 2.15. The fraction of sp³-hybridized carbons (Fsp3) is 0.200. The minimum atomic E-state index is -4.36. The van der Waals surface area contributed by atoms with E-state index in [1.165, 1.54) is 24.3 Å². The van der Waals surface area contributed by atoms with Crippen molar-refractivity contribution in [3.8, 4) is 0 Å². The second-order valence-corrected chi connectivity index (χ2v) is 5.08. The zero-order chi connectivity index (χ0) is 15.6. The lowest BCUT2D eigenvalue weighted by Gasteiger charge is -2.17. The Kier molecular flexibility index (Phi) is 4.42. The quantitative estimate of drug-likeness (QED) is 0.719. The van der Waals surface area contributed by atoms with Gasteiger partial charge in [0.1, 0.15) is 5.82 Å². The van der Waals surface area contributed by atoms with Gasteiger partial charge in [-0.3, -0.25) is 0 Å². The molecule has 0 amide bonds. The van der Waals surface area contributed by atoms with Crippen LogP contribution >= 0.6 is 11.6 Å². The van der Waals surface area contributed by atoms with Crippen molar-refractivity contribution in [3.05, 3.63) is 64.4 Å². The normalized spacial score (nSPS) is 13.0. The van der Waals surface area contributed by atoms with Crippen molar-refractivity contribution in [2.45, 2.75) is 19.1 Å². The van der Waals surface area contributed by atoms with Crippen LogP contribution in [0.15, 0.2) is 42.5 Å². The van der Waals surface area contributed by atoms with Crippen molar-refractivity contribution in [1.29, 1.82) is 0 Å². The van der Waals surface area contributed by atoms with Crippen LogP contribution in [0.3, 0.4) is 0 Å². The third-order valence-corrected chi connectivity index (χ3v) is 3.20. The molecule has 6 heteroatoms. The summed E-state index contributed by atoms with van der Waals surface area (Å²) >= 11 is 5.75. The molecule has 1 unspecified atom stereocenters. The fourth-order valence-electron chi connectivity index (χ4n) is 1.93. The average molecular weight is 318 g/mol. The number of hydrogen-bond acceptors (Lipinski definition) is 1. The van der Waals surface area contributed by atoms with Gasteiger partial charge < -0.3 is 5.32 Å². The molecule has 1 nitrogen and oxygen atoms in total. The number of benzene rings is 2. The Hall–Kier alpha value is -1.75. The number of alkyl halides is 3. The van der Waals surface area contributed by atoms with Gasteiger partial charge in [-0.2, -0.15) is 13.2 Å². The average Bonchev–Trinajstić information content (AvgIpc) is 2.36.